The van der Waals surface area contributed by atoms with E-state index in [0.717, 1.165) is 29.0 Å². The van der Waals surface area contributed by atoms with Gasteiger partial charge in [0.1, 0.15) is 5.82 Å². The van der Waals surface area contributed by atoms with Crippen LogP contribution in [0.1, 0.15) is 17.3 Å². The van der Waals surface area contributed by atoms with E-state index in [1.54, 1.807) is 4.68 Å². The molecule has 7 nitrogen and oxygen atoms in total. The van der Waals surface area contributed by atoms with Crippen molar-refractivity contribution in [3.05, 3.63) is 48.0 Å². The Morgan fingerprint density at radius 2 is 2.16 bits per heavy atom. The van der Waals surface area contributed by atoms with Crippen LogP contribution in [0.15, 0.2) is 36.7 Å². The number of aromatic nitrogens is 4. The van der Waals surface area contributed by atoms with Crippen molar-refractivity contribution >= 4 is 16.9 Å². The molecule has 4 rings (SSSR count). The van der Waals surface area contributed by atoms with Gasteiger partial charge in [0.25, 0.3) is 0 Å². The van der Waals surface area contributed by atoms with Gasteiger partial charge in [-0.05, 0) is 17.7 Å². The normalized spacial score (nSPS) is 20.2. The van der Waals surface area contributed by atoms with Crippen LogP contribution in [0.5, 0.6) is 0 Å². The summed E-state index contributed by atoms with van der Waals surface area (Å²) >= 11 is 0. The van der Waals surface area contributed by atoms with E-state index in [4.69, 9.17) is 0 Å². The van der Waals surface area contributed by atoms with Crippen LogP contribution >= 0.6 is 0 Å². The summed E-state index contributed by atoms with van der Waals surface area (Å²) in [6, 6.07) is 7.99. The predicted molar refractivity (Wildman–Crippen MR) is 94.9 cm³/mol. The lowest BCUT2D eigenvalue weighted by molar-refractivity contribution is -0.125. The third-order valence-corrected chi connectivity index (χ3v) is 5.00. The minimum absolute atomic E-state index is 0.0610. The Balaban J connectivity index is 1.47. The smallest absolute Gasteiger partial charge is 0.225 e. The van der Waals surface area contributed by atoms with Gasteiger partial charge in [0.05, 0.1) is 29.7 Å². The molecule has 0 spiro atoms. The van der Waals surface area contributed by atoms with Crippen molar-refractivity contribution in [1.82, 2.24) is 30.0 Å². The number of hydrogen-bond donors (Lipinski definition) is 2. The van der Waals surface area contributed by atoms with Crippen molar-refractivity contribution in [2.75, 3.05) is 13.1 Å². The molecule has 130 valence electrons. The van der Waals surface area contributed by atoms with Crippen LogP contribution in [0, 0.1) is 5.92 Å². The van der Waals surface area contributed by atoms with Crippen molar-refractivity contribution in [3.63, 3.8) is 0 Å². The lowest BCUT2D eigenvalue weighted by Crippen LogP contribution is -2.34. The van der Waals surface area contributed by atoms with E-state index in [9.17, 15) is 4.79 Å². The average Bonchev–Trinajstić information content (AvgIpc) is 3.32. The second-order valence-electron chi connectivity index (χ2n) is 6.61. The molecule has 3 aromatic rings. The molecular weight excluding hydrogens is 316 g/mol. The summed E-state index contributed by atoms with van der Waals surface area (Å²) in [4.78, 5) is 17.3. The second-order valence-corrected chi connectivity index (χ2v) is 6.61. The number of carbonyl (C=O) groups excluding carboxylic acids is 1. The molecule has 0 saturated carbocycles. The lowest BCUT2D eigenvalue weighted by atomic mass is 9.90. The largest absolute Gasteiger partial charge is 0.349 e. The topological polar surface area (TPSA) is 76.8 Å². The molecule has 1 fully saturated rings. The maximum absolute atomic E-state index is 12.7. The Morgan fingerprint density at radius 3 is 2.92 bits per heavy atom. The van der Waals surface area contributed by atoms with Gasteiger partial charge in [0.15, 0.2) is 0 Å². The number of hydrogen-bond acceptors (Lipinski definition) is 4. The number of rotatable bonds is 4. The Kier molecular flexibility index (Phi) is 4.01. The fraction of sp³-hybridized carbons (Fsp3) is 0.389. The maximum Gasteiger partial charge on any atom is 0.225 e. The molecule has 0 radical (unpaired) electrons. The van der Waals surface area contributed by atoms with Crippen molar-refractivity contribution < 1.29 is 4.79 Å². The van der Waals surface area contributed by atoms with Gasteiger partial charge in [-0.15, -0.1) is 0 Å². The zero-order valence-electron chi connectivity index (χ0n) is 14.4. The molecule has 0 aliphatic carbocycles. The molecule has 2 aromatic heterocycles. The molecule has 1 aliphatic rings. The molecule has 0 unspecified atom stereocenters. The molecule has 2 N–H and O–H groups in total. The highest BCUT2D eigenvalue weighted by atomic mass is 16.1. The van der Waals surface area contributed by atoms with Crippen molar-refractivity contribution in [1.29, 1.82) is 0 Å². The summed E-state index contributed by atoms with van der Waals surface area (Å²) in [5, 5.41) is 10.6. The van der Waals surface area contributed by atoms with Crippen LogP contribution in [-0.4, -0.2) is 38.3 Å². The first-order valence-corrected chi connectivity index (χ1v) is 8.51. The first-order valence-electron chi connectivity index (χ1n) is 8.51. The Bertz CT molecular complexity index is 911. The molecular formula is C18H22N6O. The van der Waals surface area contributed by atoms with Gasteiger partial charge >= 0.3 is 0 Å². The number of benzene rings is 1. The van der Waals surface area contributed by atoms with Gasteiger partial charge in [0, 0.05) is 39.3 Å². The van der Waals surface area contributed by atoms with E-state index in [0.29, 0.717) is 13.1 Å². The van der Waals surface area contributed by atoms with E-state index in [1.807, 2.05) is 55.3 Å². The molecule has 7 heteroatoms. The standard InChI is InChI=1S/C18H22N6O/c1-23-11-12(7-21-23)13-8-19-9-14(13)18(25)20-10-17-22-15-5-3-4-6-16(15)24(17)2/h3-7,11,13-14,19H,8-10H2,1-2H3,(H,20,25)/t13-,14+/m1/s1. The van der Waals surface area contributed by atoms with Crippen LogP contribution in [0.25, 0.3) is 11.0 Å². The molecule has 1 aliphatic heterocycles. The average molecular weight is 338 g/mol. The highest BCUT2D eigenvalue weighted by Crippen LogP contribution is 2.28. The van der Waals surface area contributed by atoms with Gasteiger partial charge in [-0.1, -0.05) is 12.1 Å². The van der Waals surface area contributed by atoms with Crippen LogP contribution in [-0.2, 0) is 25.4 Å². The summed E-state index contributed by atoms with van der Waals surface area (Å²) < 4.78 is 3.81. The van der Waals surface area contributed by atoms with E-state index < -0.39 is 0 Å². The quantitative estimate of drug-likeness (QED) is 0.742. The Hall–Kier alpha value is -2.67. The summed E-state index contributed by atoms with van der Waals surface area (Å²) in [5.74, 6) is 0.998. The van der Waals surface area contributed by atoms with Gasteiger partial charge in [0.2, 0.25) is 5.91 Å². The number of imidazole rings is 1. The summed E-state index contributed by atoms with van der Waals surface area (Å²) in [7, 11) is 3.87. The summed E-state index contributed by atoms with van der Waals surface area (Å²) in [5.41, 5.74) is 3.13. The third-order valence-electron chi connectivity index (χ3n) is 5.00. The monoisotopic (exact) mass is 338 g/mol. The fourth-order valence-corrected chi connectivity index (χ4v) is 3.59. The van der Waals surface area contributed by atoms with Gasteiger partial charge < -0.3 is 15.2 Å². The maximum atomic E-state index is 12.7. The van der Waals surface area contributed by atoms with Crippen LogP contribution in [0.3, 0.4) is 0 Å². The number of para-hydroxylation sites is 2. The van der Waals surface area contributed by atoms with E-state index >= 15 is 0 Å². The first-order chi connectivity index (χ1) is 12.1. The predicted octanol–water partition coefficient (Wildman–Crippen LogP) is 0.926. The number of nitrogens with one attached hydrogen (secondary N) is 2. The molecule has 1 saturated heterocycles. The van der Waals surface area contributed by atoms with E-state index in [2.05, 4.69) is 20.7 Å². The molecule has 25 heavy (non-hydrogen) atoms. The van der Waals surface area contributed by atoms with Gasteiger partial charge in [-0.25, -0.2) is 4.98 Å². The zero-order chi connectivity index (χ0) is 17.4. The summed E-state index contributed by atoms with van der Waals surface area (Å²) in [6.07, 6.45) is 3.84. The molecule has 2 atom stereocenters. The minimum atomic E-state index is -0.0844. The number of aryl methyl sites for hydroxylation is 2. The molecule has 1 aromatic carbocycles. The zero-order valence-corrected chi connectivity index (χ0v) is 14.4. The second kappa shape index (κ2) is 6.33. The van der Waals surface area contributed by atoms with Gasteiger partial charge in [-0.2, -0.15) is 5.10 Å². The molecule has 1 amide bonds. The SMILES string of the molecule is Cn1cc([C@H]2CNC[C@@H]2C(=O)NCc2nc3ccccc3n2C)cn1. The molecule has 0 bridgehead atoms. The molecule has 3 heterocycles. The fourth-order valence-electron chi connectivity index (χ4n) is 3.59. The van der Waals surface area contributed by atoms with Crippen LogP contribution < -0.4 is 10.6 Å². The number of carbonyl (C=O) groups is 1. The van der Waals surface area contributed by atoms with Crippen molar-refractivity contribution in [2.45, 2.75) is 12.5 Å². The minimum Gasteiger partial charge on any atom is -0.349 e. The third kappa shape index (κ3) is 2.91. The van der Waals surface area contributed by atoms with E-state index in [1.165, 1.54) is 0 Å². The highest BCUT2D eigenvalue weighted by molar-refractivity contribution is 5.80. The first kappa shape index (κ1) is 15.8. The van der Waals surface area contributed by atoms with Crippen LogP contribution in [0.2, 0.25) is 0 Å². The number of fused-ring (bicyclic) bond motifs is 1. The van der Waals surface area contributed by atoms with Crippen LogP contribution in [0.4, 0.5) is 0 Å². The number of nitrogens with zero attached hydrogens (tertiary/aromatic N) is 4. The number of amides is 1. The van der Waals surface area contributed by atoms with Gasteiger partial charge in [-0.3, -0.25) is 9.48 Å². The lowest BCUT2D eigenvalue weighted by Gasteiger charge is -2.17. The Labute approximate surface area is 146 Å². The van der Waals surface area contributed by atoms with E-state index in [-0.39, 0.29) is 17.7 Å². The van der Waals surface area contributed by atoms with Crippen molar-refractivity contribution in [3.8, 4) is 0 Å². The summed E-state index contributed by atoms with van der Waals surface area (Å²) in [6.45, 7) is 1.92. The highest BCUT2D eigenvalue weighted by Gasteiger charge is 2.34. The Morgan fingerprint density at radius 1 is 1.32 bits per heavy atom. The van der Waals surface area contributed by atoms with Crippen molar-refractivity contribution in [2.24, 2.45) is 20.0 Å².